The third kappa shape index (κ3) is 9.09. The van der Waals surface area contributed by atoms with Gasteiger partial charge < -0.3 is 25.0 Å². The molecule has 0 bridgehead atoms. The van der Waals surface area contributed by atoms with Gasteiger partial charge in [0, 0.05) is 37.9 Å². The fourth-order valence-electron chi connectivity index (χ4n) is 4.65. The zero-order chi connectivity index (χ0) is 29.7. The van der Waals surface area contributed by atoms with Gasteiger partial charge in [-0.25, -0.2) is 0 Å². The molecule has 2 N–H and O–H groups in total. The lowest BCUT2D eigenvalue weighted by Gasteiger charge is -2.36. The molecule has 1 aliphatic carbocycles. The summed E-state index contributed by atoms with van der Waals surface area (Å²) in [6.45, 7) is 4.69. The van der Waals surface area contributed by atoms with Crippen LogP contribution in [0.2, 0.25) is 4.34 Å². The third-order valence-electron chi connectivity index (χ3n) is 6.58. The standard InChI is InChI=1S/C28H35ClF2N4O5S/c1-28(2,3)16-34(14-17-4-5-17)20(13-32-26(38)22-8-9-23(29)41-22)25(37)33-18-6-7-19(21(12-18)40-27(30)31)35-10-11-39-15-24(35)36/h6-9,12,17,20,27H,4-5,10-11,13-16H2,1-3H3,(H,32,38)(H,33,37)/t20-/m0/s1. The molecule has 2 fully saturated rings. The molecule has 0 radical (unpaired) electrons. The monoisotopic (exact) mass is 612 g/mol. The molecule has 41 heavy (non-hydrogen) atoms. The van der Waals surface area contributed by atoms with E-state index in [-0.39, 0.29) is 60.7 Å². The number of amides is 3. The van der Waals surface area contributed by atoms with Crippen LogP contribution >= 0.6 is 22.9 Å². The number of carbonyl (C=O) groups excluding carboxylic acids is 3. The van der Waals surface area contributed by atoms with Crippen molar-refractivity contribution in [2.45, 2.75) is 46.3 Å². The first-order valence-electron chi connectivity index (χ1n) is 13.4. The molecule has 1 atom stereocenters. The highest BCUT2D eigenvalue weighted by Gasteiger charge is 2.34. The number of ether oxygens (including phenoxy) is 2. The van der Waals surface area contributed by atoms with Crippen LogP contribution < -0.4 is 20.3 Å². The van der Waals surface area contributed by atoms with Gasteiger partial charge in [0.15, 0.2) is 5.75 Å². The number of thiophene rings is 1. The van der Waals surface area contributed by atoms with Gasteiger partial charge in [-0.1, -0.05) is 32.4 Å². The molecule has 0 spiro atoms. The Kier molecular flexibility index (Phi) is 10.2. The molecule has 224 valence electrons. The molecule has 1 aromatic carbocycles. The normalized spacial score (nSPS) is 16.7. The molecule has 3 amide bonds. The highest BCUT2D eigenvalue weighted by molar-refractivity contribution is 7.18. The van der Waals surface area contributed by atoms with Crippen LogP contribution in [0.4, 0.5) is 20.2 Å². The Morgan fingerprint density at radius 2 is 2.00 bits per heavy atom. The van der Waals surface area contributed by atoms with Crippen LogP contribution in [-0.4, -0.2) is 74.7 Å². The van der Waals surface area contributed by atoms with Gasteiger partial charge in [0.05, 0.1) is 21.5 Å². The zero-order valence-corrected chi connectivity index (χ0v) is 24.8. The summed E-state index contributed by atoms with van der Waals surface area (Å²) < 4.78 is 37.0. The van der Waals surface area contributed by atoms with E-state index in [1.54, 1.807) is 12.1 Å². The summed E-state index contributed by atoms with van der Waals surface area (Å²) in [5.41, 5.74) is 0.250. The minimum atomic E-state index is -3.13. The molecule has 0 unspecified atom stereocenters. The Morgan fingerprint density at radius 1 is 1.24 bits per heavy atom. The number of anilines is 2. The predicted octanol–water partition coefficient (Wildman–Crippen LogP) is 4.86. The van der Waals surface area contributed by atoms with Crippen molar-refractivity contribution in [1.29, 1.82) is 0 Å². The Morgan fingerprint density at radius 3 is 2.61 bits per heavy atom. The number of nitrogens with zero attached hydrogens (tertiary/aromatic N) is 2. The number of carbonyl (C=O) groups is 3. The van der Waals surface area contributed by atoms with Crippen molar-refractivity contribution in [2.24, 2.45) is 11.3 Å². The van der Waals surface area contributed by atoms with Gasteiger partial charge >= 0.3 is 6.61 Å². The highest BCUT2D eigenvalue weighted by atomic mass is 35.5. The summed E-state index contributed by atoms with van der Waals surface area (Å²) in [6, 6.07) is 6.80. The van der Waals surface area contributed by atoms with Crippen LogP contribution in [0.15, 0.2) is 30.3 Å². The minimum absolute atomic E-state index is 0.0315. The lowest BCUT2D eigenvalue weighted by Crippen LogP contribution is -2.53. The zero-order valence-electron chi connectivity index (χ0n) is 23.3. The molecule has 1 aliphatic heterocycles. The fourth-order valence-corrected chi connectivity index (χ4v) is 5.61. The number of rotatable bonds is 12. The van der Waals surface area contributed by atoms with E-state index in [0.29, 0.717) is 28.2 Å². The lowest BCUT2D eigenvalue weighted by molar-refractivity contribution is -0.126. The van der Waals surface area contributed by atoms with E-state index < -0.39 is 18.6 Å². The Labute approximate surface area is 247 Å². The molecule has 9 nitrogen and oxygen atoms in total. The molecule has 1 aromatic heterocycles. The van der Waals surface area contributed by atoms with E-state index in [1.165, 1.54) is 23.1 Å². The number of morpholine rings is 1. The van der Waals surface area contributed by atoms with E-state index in [4.69, 9.17) is 21.1 Å². The minimum Gasteiger partial charge on any atom is -0.433 e. The van der Waals surface area contributed by atoms with Gasteiger partial charge in [0.25, 0.3) is 11.8 Å². The molecule has 2 heterocycles. The number of hydrogen-bond acceptors (Lipinski definition) is 7. The molecular formula is C28H35ClF2N4O5S. The number of nitrogens with one attached hydrogen (secondary N) is 2. The van der Waals surface area contributed by atoms with Crippen molar-refractivity contribution in [3.8, 4) is 5.75 Å². The molecular weight excluding hydrogens is 578 g/mol. The number of benzene rings is 1. The second-order valence-electron chi connectivity index (χ2n) is 11.4. The van der Waals surface area contributed by atoms with Crippen molar-refractivity contribution in [2.75, 3.05) is 49.6 Å². The topological polar surface area (TPSA) is 100 Å². The van der Waals surface area contributed by atoms with E-state index in [2.05, 4.69) is 36.3 Å². The van der Waals surface area contributed by atoms with Crippen molar-refractivity contribution in [3.63, 3.8) is 0 Å². The van der Waals surface area contributed by atoms with Crippen molar-refractivity contribution >= 4 is 52.0 Å². The summed E-state index contributed by atoms with van der Waals surface area (Å²) >= 11 is 7.13. The molecule has 2 aromatic rings. The first-order chi connectivity index (χ1) is 19.4. The quantitative estimate of drug-likeness (QED) is 0.355. The van der Waals surface area contributed by atoms with Gasteiger partial charge in [-0.3, -0.25) is 19.3 Å². The van der Waals surface area contributed by atoms with Gasteiger partial charge in [-0.15, -0.1) is 11.3 Å². The summed E-state index contributed by atoms with van der Waals surface area (Å²) in [6.07, 6.45) is 2.15. The van der Waals surface area contributed by atoms with E-state index in [1.807, 2.05) is 0 Å². The maximum atomic E-state index is 13.8. The van der Waals surface area contributed by atoms with Crippen LogP contribution in [-0.2, 0) is 14.3 Å². The van der Waals surface area contributed by atoms with E-state index >= 15 is 0 Å². The Hall–Kier alpha value is -2.80. The average Bonchev–Trinajstić information content (AvgIpc) is 3.59. The Bertz CT molecular complexity index is 1250. The van der Waals surface area contributed by atoms with Crippen LogP contribution in [0.5, 0.6) is 5.75 Å². The maximum absolute atomic E-state index is 13.8. The van der Waals surface area contributed by atoms with Crippen molar-refractivity contribution < 1.29 is 32.6 Å². The van der Waals surface area contributed by atoms with Gasteiger partial charge in [-0.05, 0) is 48.4 Å². The summed E-state index contributed by atoms with van der Waals surface area (Å²) in [4.78, 5) is 42.8. The van der Waals surface area contributed by atoms with Crippen molar-refractivity contribution in [1.82, 2.24) is 10.2 Å². The summed E-state index contributed by atoms with van der Waals surface area (Å²) in [5, 5.41) is 5.68. The highest BCUT2D eigenvalue weighted by Crippen LogP contribution is 2.35. The molecule has 13 heteroatoms. The smallest absolute Gasteiger partial charge is 0.387 e. The van der Waals surface area contributed by atoms with Crippen LogP contribution in [0.25, 0.3) is 0 Å². The van der Waals surface area contributed by atoms with E-state index in [9.17, 15) is 23.2 Å². The average molecular weight is 613 g/mol. The SMILES string of the molecule is CC(C)(C)CN(CC1CC1)[C@@H](CNC(=O)c1ccc(Cl)s1)C(=O)Nc1ccc(N2CCOCC2=O)c(OC(F)F)c1. The van der Waals surface area contributed by atoms with Gasteiger partial charge in [0.1, 0.15) is 12.6 Å². The van der Waals surface area contributed by atoms with Gasteiger partial charge in [-0.2, -0.15) is 8.78 Å². The predicted molar refractivity (Wildman–Crippen MR) is 154 cm³/mol. The molecule has 4 rings (SSSR count). The third-order valence-corrected chi connectivity index (χ3v) is 7.81. The fraction of sp³-hybridized carbons (Fsp3) is 0.536. The van der Waals surface area contributed by atoms with Crippen LogP contribution in [0.3, 0.4) is 0 Å². The summed E-state index contributed by atoms with van der Waals surface area (Å²) in [7, 11) is 0. The first kappa shape index (κ1) is 31.1. The molecule has 2 aliphatic rings. The first-order valence-corrected chi connectivity index (χ1v) is 14.6. The number of alkyl halides is 2. The van der Waals surface area contributed by atoms with Crippen LogP contribution in [0.1, 0.15) is 43.3 Å². The number of hydrogen-bond donors (Lipinski definition) is 2. The maximum Gasteiger partial charge on any atom is 0.387 e. The molecule has 1 saturated heterocycles. The largest absolute Gasteiger partial charge is 0.433 e. The number of halogens is 3. The Balaban J connectivity index is 1.57. The van der Waals surface area contributed by atoms with E-state index in [0.717, 1.165) is 24.2 Å². The second-order valence-corrected chi connectivity index (χ2v) is 13.1. The second kappa shape index (κ2) is 13.5. The van der Waals surface area contributed by atoms with Crippen LogP contribution in [0, 0.1) is 11.3 Å². The summed E-state index contributed by atoms with van der Waals surface area (Å²) in [5.74, 6) is -0.896. The van der Waals surface area contributed by atoms with Crippen molar-refractivity contribution in [3.05, 3.63) is 39.5 Å². The lowest BCUT2D eigenvalue weighted by atomic mass is 9.94. The molecule has 1 saturated carbocycles. The van der Waals surface area contributed by atoms with Gasteiger partial charge in [0.2, 0.25) is 5.91 Å².